The Morgan fingerprint density at radius 1 is 1.09 bits per heavy atom. The lowest BCUT2D eigenvalue weighted by Gasteiger charge is -2.16. The largest absolute Gasteiger partial charge is 0.487 e. The van der Waals surface area contributed by atoms with Gasteiger partial charge in [0.2, 0.25) is 10.0 Å². The summed E-state index contributed by atoms with van der Waals surface area (Å²) in [6.45, 7) is 10.8. The van der Waals surface area contributed by atoms with Crippen LogP contribution in [-0.2, 0) is 28.1 Å². The molecule has 14 heteroatoms. The van der Waals surface area contributed by atoms with Gasteiger partial charge in [-0.05, 0) is 49.7 Å². The first-order chi connectivity index (χ1) is 20.9. The normalized spacial score (nSPS) is 11.7. The molecule has 0 bridgehead atoms. The van der Waals surface area contributed by atoms with E-state index in [1.807, 2.05) is 6.92 Å². The minimum Gasteiger partial charge on any atom is -0.487 e. The lowest BCUT2D eigenvalue weighted by molar-refractivity contribution is 0.0802. The number of rotatable bonds is 14. The summed E-state index contributed by atoms with van der Waals surface area (Å²) in [5.41, 5.74) is 2.72. The standard InChI is InChI=1S/C30H36FN7O4SSi/c1-6-43(39,40)37-26-12-9-23(15-27(26)42-19-22-7-10-24(31)11-8-22)29-25(16-32)30(35-28-18-33-21(2)17-34-28)38(36-29)20-41-13-14-44(3,4)5/h7-12,15,17-18,37H,6,13-14,19-20H2,1-5H3,(H,34,35). The van der Waals surface area contributed by atoms with Crippen molar-refractivity contribution in [3.8, 4) is 23.1 Å². The fourth-order valence-electron chi connectivity index (χ4n) is 3.95. The van der Waals surface area contributed by atoms with E-state index in [-0.39, 0.29) is 41.9 Å². The first kappa shape index (κ1) is 32.6. The van der Waals surface area contributed by atoms with Gasteiger partial charge in [0.25, 0.3) is 0 Å². The van der Waals surface area contributed by atoms with E-state index in [4.69, 9.17) is 14.6 Å². The molecule has 2 aromatic heterocycles. The lowest BCUT2D eigenvalue weighted by Crippen LogP contribution is -2.22. The van der Waals surface area contributed by atoms with Crippen LogP contribution in [0, 0.1) is 24.1 Å². The molecular weight excluding hydrogens is 602 g/mol. The van der Waals surface area contributed by atoms with E-state index in [0.717, 1.165) is 11.7 Å². The molecule has 0 radical (unpaired) electrons. The molecule has 2 heterocycles. The van der Waals surface area contributed by atoms with Crippen molar-refractivity contribution in [1.29, 1.82) is 5.26 Å². The summed E-state index contributed by atoms with van der Waals surface area (Å²) in [6.07, 6.45) is 3.18. The Hall–Kier alpha value is -4.32. The topological polar surface area (TPSA) is 144 Å². The molecule has 4 aromatic rings. The summed E-state index contributed by atoms with van der Waals surface area (Å²) in [6, 6.07) is 13.8. The first-order valence-electron chi connectivity index (χ1n) is 14.0. The molecule has 44 heavy (non-hydrogen) atoms. The number of hydrogen-bond donors (Lipinski definition) is 2. The zero-order valence-corrected chi connectivity index (χ0v) is 27.2. The fourth-order valence-corrected chi connectivity index (χ4v) is 5.36. The third-order valence-electron chi connectivity index (χ3n) is 6.51. The average Bonchev–Trinajstić information content (AvgIpc) is 3.33. The van der Waals surface area contributed by atoms with Crippen LogP contribution < -0.4 is 14.8 Å². The Kier molecular flexibility index (Phi) is 10.4. The van der Waals surface area contributed by atoms with Gasteiger partial charge in [-0.2, -0.15) is 10.4 Å². The zero-order valence-electron chi connectivity index (χ0n) is 25.4. The van der Waals surface area contributed by atoms with Gasteiger partial charge in [0.1, 0.15) is 48.0 Å². The van der Waals surface area contributed by atoms with Crippen molar-refractivity contribution in [1.82, 2.24) is 19.7 Å². The van der Waals surface area contributed by atoms with Gasteiger partial charge in [-0.15, -0.1) is 0 Å². The molecule has 0 spiro atoms. The minimum atomic E-state index is -3.63. The number of hydrogen-bond acceptors (Lipinski definition) is 9. The number of halogens is 1. The van der Waals surface area contributed by atoms with Crippen LogP contribution >= 0.6 is 0 Å². The molecule has 0 atom stereocenters. The SMILES string of the molecule is CCS(=O)(=O)Nc1ccc(-c2nn(COCC[Si](C)(C)C)c(Nc3cnc(C)cn3)c2C#N)cc1OCc1ccc(F)cc1. The van der Waals surface area contributed by atoms with Gasteiger partial charge >= 0.3 is 0 Å². The van der Waals surface area contributed by atoms with Crippen LogP contribution in [0.1, 0.15) is 23.7 Å². The lowest BCUT2D eigenvalue weighted by atomic mass is 10.1. The van der Waals surface area contributed by atoms with Gasteiger partial charge in [-0.25, -0.2) is 22.5 Å². The van der Waals surface area contributed by atoms with Crippen molar-refractivity contribution >= 4 is 35.4 Å². The minimum absolute atomic E-state index is 0.0496. The zero-order chi connectivity index (χ0) is 31.9. The number of benzene rings is 2. The van der Waals surface area contributed by atoms with Crippen molar-refractivity contribution in [2.75, 3.05) is 22.4 Å². The average molecular weight is 638 g/mol. The molecule has 4 rings (SSSR count). The summed E-state index contributed by atoms with van der Waals surface area (Å²) >= 11 is 0. The Balaban J connectivity index is 1.74. The van der Waals surface area contributed by atoms with Crippen LogP contribution in [0.5, 0.6) is 5.75 Å². The highest BCUT2D eigenvalue weighted by Crippen LogP contribution is 2.36. The van der Waals surface area contributed by atoms with E-state index in [0.29, 0.717) is 35.1 Å². The molecular formula is C30H36FN7O4SSi. The molecule has 0 aliphatic rings. The highest BCUT2D eigenvalue weighted by atomic mass is 32.2. The fraction of sp³-hybridized carbons (Fsp3) is 0.333. The number of aryl methyl sites for hydroxylation is 1. The molecule has 0 aliphatic heterocycles. The number of anilines is 3. The van der Waals surface area contributed by atoms with E-state index < -0.39 is 18.1 Å². The number of nitriles is 1. The smallest absolute Gasteiger partial charge is 0.232 e. The predicted octanol–water partition coefficient (Wildman–Crippen LogP) is 6.06. The van der Waals surface area contributed by atoms with Gasteiger partial charge in [0.05, 0.1) is 29.5 Å². The molecule has 2 aromatic carbocycles. The van der Waals surface area contributed by atoms with Crippen molar-refractivity contribution in [2.24, 2.45) is 0 Å². The van der Waals surface area contributed by atoms with Crippen LogP contribution in [0.15, 0.2) is 54.9 Å². The van der Waals surface area contributed by atoms with Crippen LogP contribution in [0.2, 0.25) is 25.7 Å². The van der Waals surface area contributed by atoms with E-state index >= 15 is 0 Å². The first-order valence-corrected chi connectivity index (χ1v) is 19.4. The Morgan fingerprint density at radius 3 is 2.48 bits per heavy atom. The van der Waals surface area contributed by atoms with Gasteiger partial charge < -0.3 is 14.8 Å². The number of ether oxygens (including phenoxy) is 2. The van der Waals surface area contributed by atoms with Crippen LogP contribution in [0.25, 0.3) is 11.3 Å². The molecule has 0 saturated heterocycles. The highest BCUT2D eigenvalue weighted by molar-refractivity contribution is 7.92. The quantitative estimate of drug-likeness (QED) is 0.125. The second kappa shape index (κ2) is 14.0. The summed E-state index contributed by atoms with van der Waals surface area (Å²) in [7, 11) is -4.96. The van der Waals surface area contributed by atoms with Crippen LogP contribution in [-0.4, -0.2) is 48.6 Å². The number of aromatic nitrogens is 4. The van der Waals surface area contributed by atoms with Crippen molar-refractivity contribution < 1.29 is 22.3 Å². The van der Waals surface area contributed by atoms with E-state index in [1.54, 1.807) is 47.4 Å². The molecule has 0 unspecified atom stereocenters. The number of nitrogens with one attached hydrogen (secondary N) is 2. The maximum absolute atomic E-state index is 13.4. The van der Waals surface area contributed by atoms with Gasteiger partial charge in [-0.1, -0.05) is 37.8 Å². The summed E-state index contributed by atoms with van der Waals surface area (Å²) in [5.74, 6) is 0.502. The number of sulfonamides is 1. The summed E-state index contributed by atoms with van der Waals surface area (Å²) < 4.78 is 54.4. The van der Waals surface area contributed by atoms with Crippen molar-refractivity contribution in [2.45, 2.75) is 52.9 Å². The molecule has 0 fully saturated rings. The molecule has 232 valence electrons. The molecule has 0 aliphatic carbocycles. The Morgan fingerprint density at radius 2 is 1.84 bits per heavy atom. The van der Waals surface area contributed by atoms with E-state index in [2.05, 4.69) is 45.7 Å². The van der Waals surface area contributed by atoms with E-state index in [9.17, 15) is 18.1 Å². The second-order valence-electron chi connectivity index (χ2n) is 11.3. The van der Waals surface area contributed by atoms with Crippen molar-refractivity contribution in [3.63, 3.8) is 0 Å². The second-order valence-corrected chi connectivity index (χ2v) is 19.0. The molecule has 0 amide bonds. The third kappa shape index (κ3) is 8.85. The highest BCUT2D eigenvalue weighted by Gasteiger charge is 2.23. The maximum atomic E-state index is 13.4. The Labute approximate surface area is 258 Å². The Bertz CT molecular complexity index is 1730. The van der Waals surface area contributed by atoms with E-state index in [1.165, 1.54) is 19.1 Å². The third-order valence-corrected chi connectivity index (χ3v) is 9.50. The van der Waals surface area contributed by atoms with Gasteiger partial charge in [-0.3, -0.25) is 9.71 Å². The predicted molar refractivity (Wildman–Crippen MR) is 170 cm³/mol. The molecule has 2 N–H and O–H groups in total. The van der Waals surface area contributed by atoms with Crippen molar-refractivity contribution in [3.05, 3.63) is 77.5 Å². The molecule has 0 saturated carbocycles. The number of nitrogens with zero attached hydrogens (tertiary/aromatic N) is 5. The van der Waals surface area contributed by atoms with Crippen LogP contribution in [0.4, 0.5) is 21.7 Å². The summed E-state index contributed by atoms with van der Waals surface area (Å²) in [4.78, 5) is 8.64. The van der Waals surface area contributed by atoms with Gasteiger partial charge in [0, 0.05) is 20.2 Å². The molecule has 11 nitrogen and oxygen atoms in total. The summed E-state index contributed by atoms with van der Waals surface area (Å²) in [5, 5.41) is 18.2. The van der Waals surface area contributed by atoms with Crippen LogP contribution in [0.3, 0.4) is 0 Å². The van der Waals surface area contributed by atoms with Gasteiger partial charge in [0.15, 0.2) is 5.82 Å². The monoisotopic (exact) mass is 637 g/mol. The maximum Gasteiger partial charge on any atom is 0.232 e.